The predicted molar refractivity (Wildman–Crippen MR) is 105 cm³/mol. The lowest BCUT2D eigenvalue weighted by atomic mass is 9.91. The van der Waals surface area contributed by atoms with E-state index >= 15 is 0 Å². The number of nitrogens with zero attached hydrogens (tertiary/aromatic N) is 1. The highest BCUT2D eigenvalue weighted by Gasteiger charge is 2.32. The third kappa shape index (κ3) is 3.35. The Morgan fingerprint density at radius 2 is 2.14 bits per heavy atom. The van der Waals surface area contributed by atoms with E-state index in [1.807, 2.05) is 37.3 Å². The number of carbonyl (C=O) groups is 3. The monoisotopic (exact) mass is 379 g/mol. The first kappa shape index (κ1) is 18.2. The molecule has 3 aromatic rings. The smallest absolute Gasteiger partial charge is 0.235 e. The molecule has 1 aromatic heterocycles. The van der Waals surface area contributed by atoms with Crippen LogP contribution in [0.1, 0.15) is 50.6 Å². The summed E-state index contributed by atoms with van der Waals surface area (Å²) in [5.41, 5.74) is 1.87. The third-order valence-corrected chi connectivity index (χ3v) is 5.09. The second-order valence-corrected chi connectivity index (χ2v) is 7.10. The van der Waals surface area contributed by atoms with E-state index in [4.69, 9.17) is 4.52 Å². The van der Waals surface area contributed by atoms with Gasteiger partial charge in [-0.2, -0.15) is 0 Å². The molecule has 0 radical (unpaired) electrons. The topological polar surface area (TPSA) is 101 Å². The minimum absolute atomic E-state index is 0.00325. The second-order valence-electron chi connectivity index (χ2n) is 7.10. The molecule has 2 N–H and O–H groups in total. The highest BCUT2D eigenvalue weighted by atomic mass is 16.5. The summed E-state index contributed by atoms with van der Waals surface area (Å²) in [6, 6.07) is 9.36. The molecule has 0 saturated carbocycles. The van der Waals surface area contributed by atoms with Gasteiger partial charge in [0.1, 0.15) is 5.69 Å². The van der Waals surface area contributed by atoms with Crippen molar-refractivity contribution in [2.75, 3.05) is 5.32 Å². The van der Waals surface area contributed by atoms with Crippen molar-refractivity contribution in [2.45, 2.75) is 44.9 Å². The largest absolute Gasteiger partial charge is 0.356 e. The van der Waals surface area contributed by atoms with Crippen LogP contribution in [0, 0.1) is 0 Å². The Morgan fingerprint density at radius 1 is 1.29 bits per heavy atom. The first-order chi connectivity index (χ1) is 13.6. The molecule has 1 saturated heterocycles. The van der Waals surface area contributed by atoms with Gasteiger partial charge in [-0.3, -0.25) is 19.7 Å². The van der Waals surface area contributed by atoms with Crippen molar-refractivity contribution in [3.8, 4) is 0 Å². The fraction of sp³-hybridized carbons (Fsp3) is 0.333. The lowest BCUT2D eigenvalue weighted by Crippen LogP contribution is -2.39. The molecule has 28 heavy (non-hydrogen) atoms. The van der Waals surface area contributed by atoms with Crippen molar-refractivity contribution in [1.82, 2.24) is 10.5 Å². The van der Waals surface area contributed by atoms with Crippen molar-refractivity contribution in [3.63, 3.8) is 0 Å². The zero-order valence-electron chi connectivity index (χ0n) is 15.6. The van der Waals surface area contributed by atoms with E-state index in [1.165, 1.54) is 0 Å². The number of fused-ring (bicyclic) bond motifs is 3. The lowest BCUT2D eigenvalue weighted by Gasteiger charge is -2.19. The number of benzene rings is 2. The third-order valence-electron chi connectivity index (χ3n) is 5.09. The van der Waals surface area contributed by atoms with E-state index < -0.39 is 5.92 Å². The summed E-state index contributed by atoms with van der Waals surface area (Å²) in [6.07, 6.45) is 3.02. The number of anilines is 1. The van der Waals surface area contributed by atoms with Crippen LogP contribution in [-0.2, 0) is 14.4 Å². The Morgan fingerprint density at radius 3 is 2.93 bits per heavy atom. The minimum Gasteiger partial charge on any atom is -0.356 e. The summed E-state index contributed by atoms with van der Waals surface area (Å²) in [6.45, 7) is 2.05. The van der Waals surface area contributed by atoms with Crippen molar-refractivity contribution < 1.29 is 18.9 Å². The maximum absolute atomic E-state index is 12.3. The Hall–Kier alpha value is -3.22. The average molecular weight is 379 g/mol. The Kier molecular flexibility index (Phi) is 4.81. The molecule has 1 fully saturated rings. The highest BCUT2D eigenvalue weighted by Crippen LogP contribution is 2.35. The molecule has 2 aromatic carbocycles. The van der Waals surface area contributed by atoms with Crippen LogP contribution in [0.3, 0.4) is 0 Å². The lowest BCUT2D eigenvalue weighted by molar-refractivity contribution is -0.134. The number of unbranched alkanes of at least 4 members (excludes halogenated alkanes) is 1. The van der Waals surface area contributed by atoms with Crippen LogP contribution >= 0.6 is 0 Å². The molecule has 1 aliphatic heterocycles. The summed E-state index contributed by atoms with van der Waals surface area (Å²) < 4.78 is 5.44. The van der Waals surface area contributed by atoms with Crippen LogP contribution < -0.4 is 10.6 Å². The molecule has 2 heterocycles. The van der Waals surface area contributed by atoms with Gasteiger partial charge in [0.2, 0.25) is 17.7 Å². The van der Waals surface area contributed by atoms with E-state index in [-0.39, 0.29) is 24.1 Å². The van der Waals surface area contributed by atoms with E-state index in [9.17, 15) is 14.4 Å². The van der Waals surface area contributed by atoms with Crippen LogP contribution in [0.4, 0.5) is 5.69 Å². The highest BCUT2D eigenvalue weighted by molar-refractivity contribution is 6.11. The summed E-state index contributed by atoms with van der Waals surface area (Å²) in [7, 11) is 0. The molecule has 1 unspecified atom stereocenters. The summed E-state index contributed by atoms with van der Waals surface area (Å²) >= 11 is 0. The first-order valence-corrected chi connectivity index (χ1v) is 9.52. The maximum Gasteiger partial charge on any atom is 0.235 e. The second kappa shape index (κ2) is 7.42. The Labute approximate surface area is 161 Å². The molecule has 7 nitrogen and oxygen atoms in total. The molecule has 7 heteroatoms. The van der Waals surface area contributed by atoms with Crippen molar-refractivity contribution in [2.24, 2.45) is 0 Å². The molecule has 1 atom stereocenters. The average Bonchev–Trinajstić information content (AvgIpc) is 3.10. The van der Waals surface area contributed by atoms with Gasteiger partial charge < -0.3 is 9.84 Å². The Balaban J connectivity index is 1.71. The van der Waals surface area contributed by atoms with Gasteiger partial charge >= 0.3 is 0 Å². The van der Waals surface area contributed by atoms with Gasteiger partial charge in [-0.05, 0) is 41.8 Å². The number of nitrogens with one attached hydrogen (secondary N) is 2. The summed E-state index contributed by atoms with van der Waals surface area (Å²) in [4.78, 5) is 35.7. The number of rotatable bonds is 5. The van der Waals surface area contributed by atoms with E-state index in [0.29, 0.717) is 24.1 Å². The van der Waals surface area contributed by atoms with Gasteiger partial charge in [0, 0.05) is 18.5 Å². The van der Waals surface area contributed by atoms with E-state index in [2.05, 4.69) is 15.8 Å². The normalized spacial score (nSPS) is 17.1. The fourth-order valence-corrected chi connectivity index (χ4v) is 3.62. The van der Waals surface area contributed by atoms with Crippen molar-refractivity contribution in [3.05, 3.63) is 36.0 Å². The minimum atomic E-state index is -0.516. The van der Waals surface area contributed by atoms with E-state index in [0.717, 1.165) is 34.7 Å². The molecular weight excluding hydrogens is 358 g/mol. The van der Waals surface area contributed by atoms with Crippen LogP contribution in [0.5, 0.6) is 0 Å². The quantitative estimate of drug-likeness (QED) is 0.659. The van der Waals surface area contributed by atoms with Crippen LogP contribution in [0.15, 0.2) is 34.9 Å². The summed E-state index contributed by atoms with van der Waals surface area (Å²) in [5.74, 6) is -1.12. The Bertz CT molecular complexity index is 1090. The number of piperidine rings is 1. The van der Waals surface area contributed by atoms with Gasteiger partial charge in [-0.15, -0.1) is 0 Å². The predicted octanol–water partition coefficient (Wildman–Crippen LogP) is 3.63. The van der Waals surface area contributed by atoms with Gasteiger partial charge in [-0.1, -0.05) is 30.6 Å². The number of hydrogen-bond donors (Lipinski definition) is 2. The maximum atomic E-state index is 12.3. The number of aromatic nitrogens is 1. The summed E-state index contributed by atoms with van der Waals surface area (Å²) in [5, 5.41) is 12.0. The van der Waals surface area contributed by atoms with E-state index in [1.54, 1.807) is 0 Å². The standard InChI is InChI=1S/C21H21N3O4/c1-2-3-4-17(25)22-13-6-7-14-12(11-13)5-9-16-19(14)20(24-28-16)15-8-10-18(26)23-21(15)27/h5-7,9,11,15H,2-4,8,10H2,1H3,(H,22,25)(H,23,26,27). The van der Waals surface area contributed by atoms with Crippen LogP contribution in [0.2, 0.25) is 0 Å². The van der Waals surface area contributed by atoms with Crippen LogP contribution in [0.25, 0.3) is 21.7 Å². The van der Waals surface area contributed by atoms with Crippen molar-refractivity contribution >= 4 is 45.2 Å². The van der Waals surface area contributed by atoms with Gasteiger partial charge in [-0.25, -0.2) is 0 Å². The molecule has 144 valence electrons. The fourth-order valence-electron chi connectivity index (χ4n) is 3.62. The zero-order valence-corrected chi connectivity index (χ0v) is 15.6. The molecular formula is C21H21N3O4. The van der Waals surface area contributed by atoms with Gasteiger partial charge in [0.15, 0.2) is 5.58 Å². The SMILES string of the molecule is CCCCC(=O)Nc1ccc2c(ccc3onc(C4CCC(=O)NC4=O)c32)c1. The number of amides is 3. The zero-order chi connectivity index (χ0) is 19.7. The number of carbonyl (C=O) groups excluding carboxylic acids is 3. The molecule has 0 bridgehead atoms. The number of hydrogen-bond acceptors (Lipinski definition) is 5. The first-order valence-electron chi connectivity index (χ1n) is 9.52. The molecule has 0 aliphatic carbocycles. The van der Waals surface area contributed by atoms with Crippen LogP contribution in [-0.4, -0.2) is 22.9 Å². The van der Waals surface area contributed by atoms with Gasteiger partial charge in [0.25, 0.3) is 0 Å². The number of imide groups is 1. The molecule has 1 aliphatic rings. The molecule has 0 spiro atoms. The van der Waals surface area contributed by atoms with Crippen molar-refractivity contribution in [1.29, 1.82) is 0 Å². The van der Waals surface area contributed by atoms with Gasteiger partial charge in [0.05, 0.1) is 11.3 Å². The molecule has 3 amide bonds. The molecule has 4 rings (SSSR count).